The molecule has 0 bridgehead atoms. The third kappa shape index (κ3) is 6.95. The SMILES string of the molecule is CC1=[C-]CC=C1.[Br-].[Br-].[Rh+3]. The first-order valence-electron chi connectivity index (χ1n) is 2.13. The van der Waals surface area contributed by atoms with Crippen molar-refractivity contribution in [3.8, 4) is 0 Å². The van der Waals surface area contributed by atoms with Gasteiger partial charge >= 0.3 is 19.5 Å². The quantitative estimate of drug-likeness (QED) is 0.309. The molecule has 0 fully saturated rings. The monoisotopic (exact) mass is 340 g/mol. The summed E-state index contributed by atoms with van der Waals surface area (Å²) >= 11 is 0. The summed E-state index contributed by atoms with van der Waals surface area (Å²) in [5, 5.41) is 0. The zero-order valence-corrected chi connectivity index (χ0v) is 9.76. The summed E-state index contributed by atoms with van der Waals surface area (Å²) in [7, 11) is 0. The molecule has 0 aromatic rings. The summed E-state index contributed by atoms with van der Waals surface area (Å²) < 4.78 is 0. The Hall–Kier alpha value is 1.06. The molecule has 0 aromatic carbocycles. The third-order valence-corrected chi connectivity index (χ3v) is 0.867. The van der Waals surface area contributed by atoms with Crippen molar-refractivity contribution in [2.24, 2.45) is 0 Å². The van der Waals surface area contributed by atoms with E-state index < -0.39 is 0 Å². The fourth-order valence-electron chi connectivity index (χ4n) is 0.515. The minimum absolute atomic E-state index is 0. The number of hydrogen-bond donors (Lipinski definition) is 0. The van der Waals surface area contributed by atoms with E-state index in [1.54, 1.807) is 0 Å². The van der Waals surface area contributed by atoms with Crippen molar-refractivity contribution in [2.45, 2.75) is 13.3 Å². The fourth-order valence-corrected chi connectivity index (χ4v) is 0.515. The number of halogens is 2. The maximum absolute atomic E-state index is 3.12. The molecule has 0 atom stereocenters. The summed E-state index contributed by atoms with van der Waals surface area (Å²) in [6, 6.07) is 0. The Morgan fingerprint density at radius 2 is 2.00 bits per heavy atom. The van der Waals surface area contributed by atoms with Gasteiger partial charge in [0, 0.05) is 0 Å². The summed E-state index contributed by atoms with van der Waals surface area (Å²) in [5.41, 5.74) is 1.27. The average Bonchev–Trinajstić information content (AvgIpc) is 1.86. The van der Waals surface area contributed by atoms with Crippen LogP contribution in [-0.4, -0.2) is 0 Å². The zero-order chi connectivity index (χ0) is 4.41. The van der Waals surface area contributed by atoms with Gasteiger partial charge in [-0.3, -0.25) is 6.08 Å². The van der Waals surface area contributed by atoms with E-state index >= 15 is 0 Å². The van der Waals surface area contributed by atoms with Gasteiger partial charge in [-0.15, -0.1) is 6.42 Å². The van der Waals surface area contributed by atoms with Crippen molar-refractivity contribution in [1.29, 1.82) is 0 Å². The van der Waals surface area contributed by atoms with Crippen LogP contribution in [0, 0.1) is 6.08 Å². The van der Waals surface area contributed by atoms with E-state index in [1.807, 2.05) is 0 Å². The van der Waals surface area contributed by atoms with Crippen LogP contribution in [0.1, 0.15) is 13.3 Å². The molecular formula is C6H7Br2Rh. The molecule has 0 radical (unpaired) electrons. The van der Waals surface area contributed by atoms with Gasteiger partial charge in [0.05, 0.1) is 0 Å². The molecule has 3 heteroatoms. The van der Waals surface area contributed by atoms with Gasteiger partial charge in [0.2, 0.25) is 0 Å². The molecule has 0 aromatic heterocycles. The minimum Gasteiger partial charge on any atom is -1.00 e. The molecule has 0 heterocycles. The van der Waals surface area contributed by atoms with Crippen molar-refractivity contribution < 1.29 is 53.4 Å². The molecule has 0 amide bonds. The Labute approximate surface area is 90.1 Å². The van der Waals surface area contributed by atoms with Crippen molar-refractivity contribution in [3.63, 3.8) is 0 Å². The normalized spacial score (nSPS) is 12.3. The topological polar surface area (TPSA) is 0 Å². The van der Waals surface area contributed by atoms with Crippen LogP contribution in [0.2, 0.25) is 0 Å². The molecule has 0 saturated carbocycles. The van der Waals surface area contributed by atoms with Gasteiger partial charge < -0.3 is 34.0 Å². The molecular weight excluding hydrogens is 335 g/mol. The molecule has 0 nitrogen and oxygen atoms in total. The van der Waals surface area contributed by atoms with Crippen molar-refractivity contribution in [3.05, 3.63) is 23.8 Å². The largest absolute Gasteiger partial charge is 3.00 e. The van der Waals surface area contributed by atoms with E-state index in [-0.39, 0.29) is 53.4 Å². The van der Waals surface area contributed by atoms with Crippen molar-refractivity contribution >= 4 is 0 Å². The predicted octanol–water partition coefficient (Wildman–Crippen LogP) is -4.30. The van der Waals surface area contributed by atoms with Gasteiger partial charge in [-0.2, -0.15) is 6.08 Å². The Balaban J connectivity index is -0.000000120. The second kappa shape index (κ2) is 9.06. The van der Waals surface area contributed by atoms with Gasteiger partial charge in [-0.1, -0.05) is 6.92 Å². The van der Waals surface area contributed by atoms with Crippen LogP contribution < -0.4 is 34.0 Å². The van der Waals surface area contributed by atoms with Crippen molar-refractivity contribution in [1.82, 2.24) is 0 Å². The first-order chi connectivity index (χ1) is 2.89. The van der Waals surface area contributed by atoms with Gasteiger partial charge in [0.15, 0.2) is 0 Å². The van der Waals surface area contributed by atoms with E-state index in [2.05, 4.69) is 25.2 Å². The Kier molecular flexibility index (Phi) is 16.7. The first kappa shape index (κ1) is 16.6. The standard InChI is InChI=1S/C6H7.2BrH.Rh/c1-6-4-2-3-5-6;;;/h2,4H,3H2,1H3;2*1H;/q-1;;;+3/p-2. The maximum atomic E-state index is 3.12. The predicted molar refractivity (Wildman–Crippen MR) is 26.2 cm³/mol. The van der Waals surface area contributed by atoms with Crippen LogP contribution >= 0.6 is 0 Å². The first-order valence-corrected chi connectivity index (χ1v) is 2.13. The van der Waals surface area contributed by atoms with E-state index in [0.717, 1.165) is 6.42 Å². The van der Waals surface area contributed by atoms with Crippen molar-refractivity contribution in [2.75, 3.05) is 0 Å². The molecule has 0 aliphatic heterocycles. The summed E-state index contributed by atoms with van der Waals surface area (Å²) in [5.74, 6) is 0. The van der Waals surface area contributed by atoms with Crippen LogP contribution in [0.4, 0.5) is 0 Å². The molecule has 9 heavy (non-hydrogen) atoms. The molecule has 0 saturated heterocycles. The second-order valence-electron chi connectivity index (χ2n) is 1.47. The number of rotatable bonds is 0. The van der Waals surface area contributed by atoms with Gasteiger partial charge in [0.1, 0.15) is 0 Å². The third-order valence-electron chi connectivity index (χ3n) is 0.867. The van der Waals surface area contributed by atoms with E-state index in [1.165, 1.54) is 5.57 Å². The second-order valence-corrected chi connectivity index (χ2v) is 1.47. The van der Waals surface area contributed by atoms with Gasteiger partial charge in [-0.05, 0) is 0 Å². The Morgan fingerprint density at radius 1 is 1.44 bits per heavy atom. The molecule has 0 spiro atoms. The molecule has 0 N–H and O–H groups in total. The van der Waals surface area contributed by atoms with Crippen LogP contribution in [0.5, 0.6) is 0 Å². The fraction of sp³-hybridized carbons (Fsp3) is 0.333. The smallest absolute Gasteiger partial charge is 1.00 e. The van der Waals surface area contributed by atoms with Crippen LogP contribution in [0.3, 0.4) is 0 Å². The molecule has 1 aliphatic carbocycles. The van der Waals surface area contributed by atoms with Gasteiger partial charge in [0.25, 0.3) is 0 Å². The van der Waals surface area contributed by atoms with Crippen LogP contribution in [0.25, 0.3) is 0 Å². The molecule has 1 rings (SSSR count). The Morgan fingerprint density at radius 3 is 2.11 bits per heavy atom. The average molecular weight is 342 g/mol. The number of hydrogen-bond acceptors (Lipinski definition) is 0. The molecule has 54 valence electrons. The Bertz CT molecular complexity index is 105. The minimum atomic E-state index is 0. The van der Waals surface area contributed by atoms with E-state index in [4.69, 9.17) is 0 Å². The molecule has 1 aliphatic rings. The van der Waals surface area contributed by atoms with Gasteiger partial charge in [-0.25, -0.2) is 11.6 Å². The zero-order valence-electron chi connectivity index (χ0n) is 4.95. The summed E-state index contributed by atoms with van der Waals surface area (Å²) in [4.78, 5) is 0. The summed E-state index contributed by atoms with van der Waals surface area (Å²) in [6.45, 7) is 2.06. The maximum Gasteiger partial charge on any atom is 3.00 e. The van der Waals surface area contributed by atoms with E-state index in [0.29, 0.717) is 0 Å². The number of allylic oxidation sites excluding steroid dienone is 4. The van der Waals surface area contributed by atoms with Crippen LogP contribution in [-0.2, 0) is 19.5 Å². The molecule has 0 unspecified atom stereocenters. The van der Waals surface area contributed by atoms with Crippen LogP contribution in [0.15, 0.2) is 17.7 Å². The van der Waals surface area contributed by atoms with E-state index in [9.17, 15) is 0 Å². The summed E-state index contributed by atoms with van der Waals surface area (Å²) in [6.07, 6.45) is 8.33.